The monoisotopic (exact) mass is 268 g/mol. The van der Waals surface area contributed by atoms with Gasteiger partial charge in [0.25, 0.3) is 0 Å². The van der Waals surface area contributed by atoms with Crippen LogP contribution in [-0.4, -0.2) is 45.3 Å². The number of aliphatic hydroxyl groups is 1. The SMILES string of the molecule is CC1C(O)N(c2cc(C(C)(C)F)ncn2)C(=O)N1C. The van der Waals surface area contributed by atoms with Crippen LogP contribution in [0.25, 0.3) is 0 Å². The van der Waals surface area contributed by atoms with E-state index in [1.54, 1.807) is 14.0 Å². The molecule has 1 fully saturated rings. The zero-order valence-electron chi connectivity index (χ0n) is 11.3. The molecule has 7 heteroatoms. The second-order valence-corrected chi connectivity index (χ2v) is 5.15. The Morgan fingerprint density at radius 1 is 1.42 bits per heavy atom. The van der Waals surface area contributed by atoms with Gasteiger partial charge in [-0.25, -0.2) is 24.1 Å². The summed E-state index contributed by atoms with van der Waals surface area (Å²) < 4.78 is 13.9. The van der Waals surface area contributed by atoms with Crippen LogP contribution < -0.4 is 4.90 Å². The molecule has 2 unspecified atom stereocenters. The molecule has 0 saturated carbocycles. The standard InChI is InChI=1S/C12H17FN4O2/c1-7-10(18)17(11(19)16(7)4)9-5-8(12(2,3)13)14-6-15-9/h5-7,10,18H,1-4H3. The first-order valence-electron chi connectivity index (χ1n) is 5.99. The van der Waals surface area contributed by atoms with Crippen molar-refractivity contribution in [3.8, 4) is 0 Å². The van der Waals surface area contributed by atoms with Gasteiger partial charge in [-0.15, -0.1) is 0 Å². The predicted octanol–water partition coefficient (Wildman–Crippen LogP) is 1.26. The van der Waals surface area contributed by atoms with Crippen LogP contribution in [0.1, 0.15) is 26.5 Å². The maximum absolute atomic E-state index is 13.9. The zero-order valence-corrected chi connectivity index (χ0v) is 11.3. The van der Waals surface area contributed by atoms with Crippen molar-refractivity contribution in [2.24, 2.45) is 0 Å². The molecule has 6 nitrogen and oxygen atoms in total. The van der Waals surface area contributed by atoms with Gasteiger partial charge in [-0.3, -0.25) is 0 Å². The van der Waals surface area contributed by atoms with E-state index in [9.17, 15) is 14.3 Å². The molecule has 1 aliphatic heterocycles. The maximum Gasteiger partial charge on any atom is 0.328 e. The van der Waals surface area contributed by atoms with E-state index in [1.165, 1.54) is 31.1 Å². The van der Waals surface area contributed by atoms with Gasteiger partial charge in [0.2, 0.25) is 0 Å². The molecule has 2 heterocycles. The van der Waals surface area contributed by atoms with Gasteiger partial charge in [0.15, 0.2) is 6.23 Å². The van der Waals surface area contributed by atoms with Gasteiger partial charge in [-0.1, -0.05) is 0 Å². The van der Waals surface area contributed by atoms with Crippen LogP contribution in [0.2, 0.25) is 0 Å². The lowest BCUT2D eigenvalue weighted by Gasteiger charge is -2.20. The number of halogens is 1. The number of aliphatic hydroxyl groups excluding tert-OH is 1. The van der Waals surface area contributed by atoms with E-state index in [0.717, 1.165) is 4.90 Å². The molecule has 0 radical (unpaired) electrons. The van der Waals surface area contributed by atoms with E-state index >= 15 is 0 Å². The summed E-state index contributed by atoms with van der Waals surface area (Å²) in [6.45, 7) is 4.47. The van der Waals surface area contributed by atoms with Crippen molar-refractivity contribution in [3.05, 3.63) is 18.1 Å². The summed E-state index contributed by atoms with van der Waals surface area (Å²) in [6, 6.07) is 0.651. The number of hydrogen-bond acceptors (Lipinski definition) is 4. The Bertz CT molecular complexity index is 503. The van der Waals surface area contributed by atoms with E-state index < -0.39 is 11.9 Å². The van der Waals surface area contributed by atoms with Gasteiger partial charge in [0, 0.05) is 13.1 Å². The third-order valence-corrected chi connectivity index (χ3v) is 3.32. The van der Waals surface area contributed by atoms with Crippen molar-refractivity contribution in [2.75, 3.05) is 11.9 Å². The first-order chi connectivity index (χ1) is 8.73. The fourth-order valence-electron chi connectivity index (χ4n) is 1.91. The van der Waals surface area contributed by atoms with Crippen molar-refractivity contribution in [2.45, 2.75) is 38.7 Å². The Morgan fingerprint density at radius 3 is 2.53 bits per heavy atom. The highest BCUT2D eigenvalue weighted by Gasteiger charge is 2.42. The van der Waals surface area contributed by atoms with Gasteiger partial charge >= 0.3 is 6.03 Å². The second-order valence-electron chi connectivity index (χ2n) is 5.15. The van der Waals surface area contributed by atoms with Gasteiger partial charge < -0.3 is 10.0 Å². The normalized spacial score (nSPS) is 24.2. The smallest absolute Gasteiger partial charge is 0.328 e. The van der Waals surface area contributed by atoms with Gasteiger partial charge in [-0.2, -0.15) is 0 Å². The molecule has 0 aromatic carbocycles. The van der Waals surface area contributed by atoms with Crippen LogP contribution in [0.15, 0.2) is 12.4 Å². The summed E-state index contributed by atoms with van der Waals surface area (Å²) >= 11 is 0. The van der Waals surface area contributed by atoms with Crippen LogP contribution in [0.3, 0.4) is 0 Å². The first kappa shape index (κ1) is 13.7. The second kappa shape index (κ2) is 4.41. The number of carbonyl (C=O) groups is 1. The molecule has 1 N–H and O–H groups in total. The Labute approximate surface area is 110 Å². The van der Waals surface area contributed by atoms with E-state index in [4.69, 9.17) is 0 Å². The third kappa shape index (κ3) is 2.25. The summed E-state index contributed by atoms with van der Waals surface area (Å²) in [5, 5.41) is 10.1. The molecule has 104 valence electrons. The molecule has 0 spiro atoms. The van der Waals surface area contributed by atoms with E-state index in [-0.39, 0.29) is 23.6 Å². The Kier molecular flexibility index (Phi) is 3.17. The quantitative estimate of drug-likeness (QED) is 0.876. The fourth-order valence-corrected chi connectivity index (χ4v) is 1.91. The zero-order chi connectivity index (χ0) is 14.4. The molecular weight excluding hydrogens is 251 g/mol. The van der Waals surface area contributed by atoms with Crippen molar-refractivity contribution >= 4 is 11.8 Å². The summed E-state index contributed by atoms with van der Waals surface area (Å²) in [5.74, 6) is 0.199. The van der Waals surface area contributed by atoms with Crippen molar-refractivity contribution < 1.29 is 14.3 Å². The molecule has 1 aliphatic rings. The van der Waals surface area contributed by atoms with E-state index in [0.29, 0.717) is 0 Å². The average Bonchev–Trinajstić information content (AvgIpc) is 2.53. The predicted molar refractivity (Wildman–Crippen MR) is 67.3 cm³/mol. The fraction of sp³-hybridized carbons (Fsp3) is 0.583. The number of anilines is 1. The Balaban J connectivity index is 2.40. The number of aromatic nitrogens is 2. The lowest BCUT2D eigenvalue weighted by molar-refractivity contribution is 0.138. The van der Waals surface area contributed by atoms with Gasteiger partial charge in [0.1, 0.15) is 17.8 Å². The van der Waals surface area contributed by atoms with Gasteiger partial charge in [0.05, 0.1) is 11.7 Å². The minimum atomic E-state index is -1.64. The molecule has 2 atom stereocenters. The van der Waals surface area contributed by atoms with E-state index in [2.05, 4.69) is 9.97 Å². The number of rotatable bonds is 2. The first-order valence-corrected chi connectivity index (χ1v) is 5.99. The number of alkyl halides is 1. The number of carbonyl (C=O) groups excluding carboxylic acids is 1. The highest BCUT2D eigenvalue weighted by atomic mass is 19.1. The van der Waals surface area contributed by atoms with Crippen molar-refractivity contribution in [1.82, 2.24) is 14.9 Å². The average molecular weight is 268 g/mol. The highest BCUT2D eigenvalue weighted by Crippen LogP contribution is 2.29. The van der Waals surface area contributed by atoms with Crippen LogP contribution >= 0.6 is 0 Å². The third-order valence-electron chi connectivity index (χ3n) is 3.32. The van der Waals surface area contributed by atoms with Crippen LogP contribution in [-0.2, 0) is 5.67 Å². The summed E-state index contributed by atoms with van der Waals surface area (Å²) in [4.78, 5) is 22.4. The minimum Gasteiger partial charge on any atom is -0.371 e. The molecule has 0 aliphatic carbocycles. The van der Waals surface area contributed by atoms with Crippen LogP contribution in [0.5, 0.6) is 0 Å². The van der Waals surface area contributed by atoms with Crippen molar-refractivity contribution in [1.29, 1.82) is 0 Å². The topological polar surface area (TPSA) is 69.6 Å². The number of nitrogens with zero attached hydrogens (tertiary/aromatic N) is 4. The lowest BCUT2D eigenvalue weighted by Crippen LogP contribution is -2.36. The molecule has 0 bridgehead atoms. The molecule has 1 saturated heterocycles. The molecule has 2 rings (SSSR count). The number of amides is 2. The maximum atomic E-state index is 13.9. The Hall–Kier alpha value is -1.76. The van der Waals surface area contributed by atoms with E-state index in [1.807, 2.05) is 0 Å². The largest absolute Gasteiger partial charge is 0.371 e. The minimum absolute atomic E-state index is 0.166. The molecule has 19 heavy (non-hydrogen) atoms. The Morgan fingerprint density at radius 2 is 2.05 bits per heavy atom. The highest BCUT2D eigenvalue weighted by molar-refractivity contribution is 5.94. The number of urea groups is 1. The van der Waals surface area contributed by atoms with Gasteiger partial charge in [-0.05, 0) is 20.8 Å². The van der Waals surface area contributed by atoms with Crippen LogP contribution in [0.4, 0.5) is 15.0 Å². The summed E-state index contributed by atoms with van der Waals surface area (Å²) in [5.41, 5.74) is -1.47. The summed E-state index contributed by atoms with van der Waals surface area (Å²) in [6.07, 6.45) is 0.178. The molecule has 1 aromatic heterocycles. The van der Waals surface area contributed by atoms with Crippen LogP contribution in [0, 0.1) is 0 Å². The molecular formula is C12H17FN4O2. The molecule has 1 aromatic rings. The number of hydrogen-bond donors (Lipinski definition) is 1. The summed E-state index contributed by atoms with van der Waals surface area (Å²) in [7, 11) is 1.59. The molecule has 2 amide bonds. The lowest BCUT2D eigenvalue weighted by atomic mass is 10.1. The number of likely N-dealkylation sites (N-methyl/N-ethyl adjacent to an activating group) is 1. The van der Waals surface area contributed by atoms with Crippen molar-refractivity contribution in [3.63, 3.8) is 0 Å².